The molecule has 4 amide bonds. The van der Waals surface area contributed by atoms with Gasteiger partial charge in [0.2, 0.25) is 17.7 Å². The maximum atomic E-state index is 12.1. The number of amides is 4. The van der Waals surface area contributed by atoms with Crippen LogP contribution in [0.4, 0.5) is 5.69 Å². The van der Waals surface area contributed by atoms with E-state index < -0.39 is 23.8 Å². The van der Waals surface area contributed by atoms with Crippen molar-refractivity contribution in [2.45, 2.75) is 31.7 Å². The molecule has 5 N–H and O–H groups in total. The van der Waals surface area contributed by atoms with Gasteiger partial charge in [0.05, 0.1) is 6.42 Å². The van der Waals surface area contributed by atoms with Crippen molar-refractivity contribution < 1.29 is 19.2 Å². The van der Waals surface area contributed by atoms with E-state index in [2.05, 4.69) is 5.32 Å². The topological polar surface area (TPSA) is 136 Å². The second-order valence-corrected chi connectivity index (χ2v) is 5.65. The number of nitrogens with zero attached hydrogens (tertiary/aromatic N) is 1. The molecule has 8 nitrogen and oxygen atoms in total. The Labute approximate surface area is 139 Å². The number of carbonyl (C=O) groups is 4. The van der Waals surface area contributed by atoms with Crippen LogP contribution in [0.15, 0.2) is 24.3 Å². The van der Waals surface area contributed by atoms with Gasteiger partial charge in [0.25, 0.3) is 5.91 Å². The van der Waals surface area contributed by atoms with E-state index >= 15 is 0 Å². The van der Waals surface area contributed by atoms with E-state index in [0.29, 0.717) is 18.5 Å². The molecule has 1 aliphatic heterocycles. The number of carbonyl (C=O) groups excluding carboxylic acids is 4. The predicted molar refractivity (Wildman–Crippen MR) is 86.9 cm³/mol. The minimum absolute atomic E-state index is 0.0636. The summed E-state index contributed by atoms with van der Waals surface area (Å²) in [4.78, 5) is 47.9. The van der Waals surface area contributed by atoms with Crippen molar-refractivity contribution in [1.29, 1.82) is 0 Å². The van der Waals surface area contributed by atoms with Crippen molar-refractivity contribution in [3.05, 3.63) is 29.8 Å². The van der Waals surface area contributed by atoms with E-state index in [1.807, 2.05) is 0 Å². The van der Waals surface area contributed by atoms with Gasteiger partial charge in [-0.05, 0) is 37.1 Å². The number of piperidine rings is 1. The molecule has 1 saturated heterocycles. The number of benzene rings is 1. The van der Waals surface area contributed by atoms with Crippen molar-refractivity contribution in [2.24, 2.45) is 11.5 Å². The Kier molecular flexibility index (Phi) is 5.51. The summed E-state index contributed by atoms with van der Waals surface area (Å²) in [5.74, 6) is -2.05. The van der Waals surface area contributed by atoms with Gasteiger partial charge >= 0.3 is 0 Å². The Morgan fingerprint density at radius 1 is 1.12 bits per heavy atom. The highest BCUT2D eigenvalue weighted by atomic mass is 16.2. The normalized spacial score (nSPS) is 15.7. The lowest BCUT2D eigenvalue weighted by atomic mass is 10.1. The van der Waals surface area contributed by atoms with Crippen LogP contribution in [-0.4, -0.2) is 36.2 Å². The summed E-state index contributed by atoms with van der Waals surface area (Å²) in [6.07, 6.45) is 2.00. The summed E-state index contributed by atoms with van der Waals surface area (Å²) in [5.41, 5.74) is 11.2. The molecule has 128 valence electrons. The first-order valence-corrected chi connectivity index (χ1v) is 7.67. The van der Waals surface area contributed by atoms with Crippen LogP contribution in [0.2, 0.25) is 0 Å². The van der Waals surface area contributed by atoms with Crippen molar-refractivity contribution >= 4 is 29.3 Å². The second-order valence-electron chi connectivity index (χ2n) is 5.65. The molecule has 1 aromatic carbocycles. The fourth-order valence-electron chi connectivity index (χ4n) is 2.54. The van der Waals surface area contributed by atoms with E-state index in [1.165, 1.54) is 0 Å². The van der Waals surface area contributed by atoms with Crippen molar-refractivity contribution in [3.63, 3.8) is 0 Å². The Balaban J connectivity index is 2.06. The van der Waals surface area contributed by atoms with Gasteiger partial charge in [-0.2, -0.15) is 0 Å². The summed E-state index contributed by atoms with van der Waals surface area (Å²) < 4.78 is 0. The highest BCUT2D eigenvalue weighted by molar-refractivity contribution is 5.99. The van der Waals surface area contributed by atoms with Gasteiger partial charge in [-0.15, -0.1) is 0 Å². The standard InChI is InChI=1S/C16H20N4O4/c17-13(21)9-12(15(18)23)19-16(24)10-4-6-11(7-5-10)20-8-2-1-3-14(20)22/h4-7,12H,1-3,8-9H2,(H2,17,21)(H2,18,23)(H,19,24)/t12-/m0/s1. The minimum Gasteiger partial charge on any atom is -0.370 e. The average molecular weight is 332 g/mol. The van der Waals surface area contributed by atoms with Crippen LogP contribution in [0, 0.1) is 0 Å². The van der Waals surface area contributed by atoms with Crippen molar-refractivity contribution in [3.8, 4) is 0 Å². The fourth-order valence-corrected chi connectivity index (χ4v) is 2.54. The average Bonchev–Trinajstić information content (AvgIpc) is 2.54. The maximum absolute atomic E-state index is 12.1. The zero-order chi connectivity index (χ0) is 17.7. The number of hydrogen-bond acceptors (Lipinski definition) is 4. The van der Waals surface area contributed by atoms with E-state index in [0.717, 1.165) is 18.5 Å². The van der Waals surface area contributed by atoms with Gasteiger partial charge in [-0.3, -0.25) is 19.2 Å². The first-order chi connectivity index (χ1) is 11.4. The number of nitrogens with one attached hydrogen (secondary N) is 1. The van der Waals surface area contributed by atoms with E-state index in [9.17, 15) is 19.2 Å². The van der Waals surface area contributed by atoms with Gasteiger partial charge in [0, 0.05) is 24.2 Å². The Hall–Kier alpha value is -2.90. The van der Waals surface area contributed by atoms with Gasteiger partial charge < -0.3 is 21.7 Å². The maximum Gasteiger partial charge on any atom is 0.251 e. The third kappa shape index (κ3) is 4.31. The van der Waals surface area contributed by atoms with E-state index in [4.69, 9.17) is 11.5 Å². The number of nitrogens with two attached hydrogens (primary N) is 2. The quantitative estimate of drug-likeness (QED) is 0.656. The summed E-state index contributed by atoms with van der Waals surface area (Å²) in [7, 11) is 0. The largest absolute Gasteiger partial charge is 0.370 e. The summed E-state index contributed by atoms with van der Waals surface area (Å²) >= 11 is 0. The number of rotatable bonds is 6. The first kappa shape index (κ1) is 17.5. The highest BCUT2D eigenvalue weighted by Crippen LogP contribution is 2.21. The lowest BCUT2D eigenvalue weighted by Gasteiger charge is -2.26. The Morgan fingerprint density at radius 3 is 2.33 bits per heavy atom. The fraction of sp³-hybridized carbons (Fsp3) is 0.375. The molecule has 1 heterocycles. The van der Waals surface area contributed by atoms with Crippen LogP contribution in [-0.2, 0) is 14.4 Å². The van der Waals surface area contributed by atoms with Crippen molar-refractivity contribution in [2.75, 3.05) is 11.4 Å². The molecule has 1 aromatic rings. The Morgan fingerprint density at radius 2 is 1.79 bits per heavy atom. The smallest absolute Gasteiger partial charge is 0.251 e. The molecule has 0 saturated carbocycles. The van der Waals surface area contributed by atoms with Crippen LogP contribution in [0.5, 0.6) is 0 Å². The van der Waals surface area contributed by atoms with Crippen LogP contribution >= 0.6 is 0 Å². The summed E-state index contributed by atoms with van der Waals surface area (Å²) in [6.45, 7) is 0.659. The van der Waals surface area contributed by atoms with Gasteiger partial charge in [0.15, 0.2) is 0 Å². The molecule has 0 aliphatic carbocycles. The number of hydrogen-bond donors (Lipinski definition) is 3. The minimum atomic E-state index is -1.15. The third-order valence-electron chi connectivity index (χ3n) is 3.82. The molecule has 2 rings (SSSR count). The van der Waals surface area contributed by atoms with Crippen LogP contribution in [0.1, 0.15) is 36.0 Å². The van der Waals surface area contributed by atoms with Crippen LogP contribution < -0.4 is 21.7 Å². The number of anilines is 1. The molecule has 0 aromatic heterocycles. The highest BCUT2D eigenvalue weighted by Gasteiger charge is 2.22. The third-order valence-corrected chi connectivity index (χ3v) is 3.82. The molecule has 1 atom stereocenters. The first-order valence-electron chi connectivity index (χ1n) is 7.67. The van der Waals surface area contributed by atoms with E-state index in [-0.39, 0.29) is 12.3 Å². The molecule has 0 spiro atoms. The van der Waals surface area contributed by atoms with Gasteiger partial charge in [-0.1, -0.05) is 0 Å². The SMILES string of the molecule is NC(=O)C[C@H](NC(=O)c1ccc(N2CCCCC2=O)cc1)C(N)=O. The zero-order valence-electron chi connectivity index (χ0n) is 13.2. The molecule has 0 unspecified atom stereocenters. The molecule has 1 aliphatic rings. The van der Waals surface area contributed by atoms with Gasteiger partial charge in [0.1, 0.15) is 6.04 Å². The molecular weight excluding hydrogens is 312 g/mol. The zero-order valence-corrected chi connectivity index (χ0v) is 13.2. The second kappa shape index (κ2) is 7.58. The molecule has 24 heavy (non-hydrogen) atoms. The predicted octanol–water partition coefficient (Wildman–Crippen LogP) is -0.337. The summed E-state index contributed by atoms with van der Waals surface area (Å²) in [5, 5.41) is 2.38. The lowest BCUT2D eigenvalue weighted by molar-refractivity contribution is -0.124. The monoisotopic (exact) mass is 332 g/mol. The number of primary amides is 2. The molecule has 0 radical (unpaired) electrons. The van der Waals surface area contributed by atoms with Crippen LogP contribution in [0.3, 0.4) is 0 Å². The van der Waals surface area contributed by atoms with Crippen LogP contribution in [0.25, 0.3) is 0 Å². The molecule has 1 fully saturated rings. The molecular formula is C16H20N4O4. The van der Waals surface area contributed by atoms with Gasteiger partial charge in [-0.25, -0.2) is 0 Å². The Bertz CT molecular complexity index is 657. The summed E-state index contributed by atoms with van der Waals surface area (Å²) in [6, 6.07) is 5.29. The molecule has 0 bridgehead atoms. The molecule has 8 heteroatoms. The lowest BCUT2D eigenvalue weighted by Crippen LogP contribution is -2.46. The van der Waals surface area contributed by atoms with E-state index in [1.54, 1.807) is 29.2 Å². The van der Waals surface area contributed by atoms with Crippen molar-refractivity contribution in [1.82, 2.24) is 5.32 Å².